The third-order valence-corrected chi connectivity index (χ3v) is 2.46. The SMILES string of the molecule is Cl.NCCn1cc(-c2nc(-c3cccnc3)no2)nn1. The van der Waals surface area contributed by atoms with Gasteiger partial charge in [0.25, 0.3) is 5.89 Å². The number of pyridine rings is 1. The van der Waals surface area contributed by atoms with Crippen LogP contribution in [0.1, 0.15) is 0 Å². The summed E-state index contributed by atoms with van der Waals surface area (Å²) in [6, 6.07) is 3.66. The van der Waals surface area contributed by atoms with Crippen molar-refractivity contribution in [1.82, 2.24) is 30.1 Å². The minimum Gasteiger partial charge on any atom is -0.332 e. The summed E-state index contributed by atoms with van der Waals surface area (Å²) in [4.78, 5) is 8.26. The summed E-state index contributed by atoms with van der Waals surface area (Å²) in [5, 5.41) is 11.8. The van der Waals surface area contributed by atoms with Crippen molar-refractivity contribution < 1.29 is 4.52 Å². The number of nitrogens with two attached hydrogens (primary N) is 1. The van der Waals surface area contributed by atoms with Crippen LogP contribution in [0.4, 0.5) is 0 Å². The summed E-state index contributed by atoms with van der Waals surface area (Å²) in [5.41, 5.74) is 6.75. The Morgan fingerprint density at radius 3 is 3.00 bits per heavy atom. The zero-order valence-corrected chi connectivity index (χ0v) is 11.2. The fraction of sp³-hybridized carbons (Fsp3) is 0.182. The second-order valence-electron chi connectivity index (χ2n) is 3.82. The second kappa shape index (κ2) is 6.22. The van der Waals surface area contributed by atoms with Crippen molar-refractivity contribution in [3.8, 4) is 23.0 Å². The summed E-state index contributed by atoms with van der Waals surface area (Å²) in [5.74, 6) is 0.790. The van der Waals surface area contributed by atoms with Crippen molar-refractivity contribution in [3.05, 3.63) is 30.7 Å². The average molecular weight is 294 g/mol. The van der Waals surface area contributed by atoms with Gasteiger partial charge in [-0.3, -0.25) is 9.67 Å². The summed E-state index contributed by atoms with van der Waals surface area (Å²) in [6.07, 6.45) is 5.07. The zero-order valence-electron chi connectivity index (χ0n) is 10.4. The number of aromatic nitrogens is 6. The van der Waals surface area contributed by atoms with E-state index < -0.39 is 0 Å². The molecule has 0 bridgehead atoms. The molecule has 0 aliphatic heterocycles. The van der Waals surface area contributed by atoms with Crippen LogP contribution in [-0.2, 0) is 6.54 Å². The molecule has 0 aliphatic rings. The first kappa shape index (κ1) is 14.1. The van der Waals surface area contributed by atoms with Gasteiger partial charge >= 0.3 is 0 Å². The molecule has 104 valence electrons. The van der Waals surface area contributed by atoms with Crippen LogP contribution >= 0.6 is 12.4 Å². The maximum atomic E-state index is 5.44. The minimum absolute atomic E-state index is 0. The second-order valence-corrected chi connectivity index (χ2v) is 3.82. The van der Waals surface area contributed by atoms with Crippen molar-refractivity contribution in [2.24, 2.45) is 5.73 Å². The van der Waals surface area contributed by atoms with Crippen molar-refractivity contribution in [2.45, 2.75) is 6.54 Å². The van der Waals surface area contributed by atoms with Crippen LogP contribution in [0.5, 0.6) is 0 Å². The predicted octanol–water partition coefficient (Wildman–Crippen LogP) is 0.771. The molecule has 0 atom stereocenters. The van der Waals surface area contributed by atoms with E-state index >= 15 is 0 Å². The number of nitrogens with zero attached hydrogens (tertiary/aromatic N) is 6. The molecule has 3 heterocycles. The Bertz CT molecular complexity index is 666. The van der Waals surface area contributed by atoms with E-state index in [0.717, 1.165) is 5.56 Å². The van der Waals surface area contributed by atoms with Crippen LogP contribution in [0.2, 0.25) is 0 Å². The topological polar surface area (TPSA) is 109 Å². The highest BCUT2D eigenvalue weighted by atomic mass is 35.5. The van der Waals surface area contributed by atoms with Crippen LogP contribution in [0.25, 0.3) is 23.0 Å². The maximum Gasteiger partial charge on any atom is 0.280 e. The van der Waals surface area contributed by atoms with Gasteiger partial charge in [-0.15, -0.1) is 17.5 Å². The lowest BCUT2D eigenvalue weighted by Crippen LogP contribution is -2.10. The van der Waals surface area contributed by atoms with Gasteiger partial charge in [0.2, 0.25) is 5.82 Å². The first-order chi connectivity index (χ1) is 9.36. The molecular formula is C11H12ClN7O. The summed E-state index contributed by atoms with van der Waals surface area (Å²) >= 11 is 0. The van der Waals surface area contributed by atoms with Gasteiger partial charge in [-0.25, -0.2) is 0 Å². The maximum absolute atomic E-state index is 5.44. The lowest BCUT2D eigenvalue weighted by Gasteiger charge is -1.91. The number of hydrogen-bond acceptors (Lipinski definition) is 7. The highest BCUT2D eigenvalue weighted by Crippen LogP contribution is 2.19. The monoisotopic (exact) mass is 293 g/mol. The fourth-order valence-corrected chi connectivity index (χ4v) is 1.58. The van der Waals surface area contributed by atoms with Gasteiger partial charge in [0.1, 0.15) is 0 Å². The quantitative estimate of drug-likeness (QED) is 0.756. The Hall–Kier alpha value is -2.32. The molecule has 0 amide bonds. The van der Waals surface area contributed by atoms with E-state index in [0.29, 0.717) is 30.5 Å². The zero-order chi connectivity index (χ0) is 13.1. The Labute approximate surface area is 120 Å². The van der Waals surface area contributed by atoms with Crippen LogP contribution in [0, 0.1) is 0 Å². The molecule has 20 heavy (non-hydrogen) atoms. The molecule has 0 unspecified atom stereocenters. The van der Waals surface area contributed by atoms with E-state index in [1.807, 2.05) is 12.1 Å². The van der Waals surface area contributed by atoms with E-state index in [2.05, 4.69) is 25.4 Å². The Balaban J connectivity index is 0.00000147. The fourth-order valence-electron chi connectivity index (χ4n) is 1.58. The summed E-state index contributed by atoms with van der Waals surface area (Å²) in [6.45, 7) is 1.09. The van der Waals surface area contributed by atoms with Crippen LogP contribution in [-0.4, -0.2) is 36.7 Å². The van der Waals surface area contributed by atoms with Crippen molar-refractivity contribution in [2.75, 3.05) is 6.54 Å². The van der Waals surface area contributed by atoms with Gasteiger partial charge in [-0.2, -0.15) is 4.98 Å². The first-order valence-corrected chi connectivity index (χ1v) is 5.71. The standard InChI is InChI=1S/C11H11N7O.ClH/c12-3-5-18-7-9(15-17-18)11-14-10(16-19-11)8-2-1-4-13-6-8;/h1-2,4,6-7H,3,5,12H2;1H. The molecule has 3 rings (SSSR count). The molecule has 0 aromatic carbocycles. The molecule has 0 fully saturated rings. The largest absolute Gasteiger partial charge is 0.332 e. The average Bonchev–Trinajstić information content (AvgIpc) is 3.08. The van der Waals surface area contributed by atoms with Gasteiger partial charge in [0.15, 0.2) is 5.69 Å². The van der Waals surface area contributed by atoms with E-state index in [1.54, 1.807) is 23.3 Å². The molecule has 3 aromatic rings. The molecule has 9 heteroatoms. The third kappa shape index (κ3) is 2.81. The molecule has 0 saturated carbocycles. The number of hydrogen-bond donors (Lipinski definition) is 1. The van der Waals surface area contributed by atoms with Crippen LogP contribution in [0.15, 0.2) is 35.2 Å². The number of halogens is 1. The molecule has 8 nitrogen and oxygen atoms in total. The van der Waals surface area contributed by atoms with E-state index in [9.17, 15) is 0 Å². The first-order valence-electron chi connectivity index (χ1n) is 5.71. The van der Waals surface area contributed by atoms with E-state index in [-0.39, 0.29) is 12.4 Å². The van der Waals surface area contributed by atoms with E-state index in [1.165, 1.54) is 0 Å². The smallest absolute Gasteiger partial charge is 0.280 e. The van der Waals surface area contributed by atoms with Crippen LogP contribution in [0.3, 0.4) is 0 Å². The van der Waals surface area contributed by atoms with Crippen LogP contribution < -0.4 is 5.73 Å². The molecule has 0 saturated heterocycles. The number of rotatable bonds is 4. The van der Waals surface area contributed by atoms with Crippen molar-refractivity contribution in [3.63, 3.8) is 0 Å². The van der Waals surface area contributed by atoms with Gasteiger partial charge < -0.3 is 10.3 Å². The lowest BCUT2D eigenvalue weighted by atomic mass is 10.3. The Morgan fingerprint density at radius 2 is 2.25 bits per heavy atom. The normalized spacial score (nSPS) is 10.2. The minimum atomic E-state index is 0. The third-order valence-electron chi connectivity index (χ3n) is 2.46. The summed E-state index contributed by atoms with van der Waals surface area (Å²) < 4.78 is 6.79. The molecule has 0 radical (unpaired) electrons. The highest BCUT2D eigenvalue weighted by molar-refractivity contribution is 5.85. The molecule has 0 spiro atoms. The van der Waals surface area contributed by atoms with Crippen molar-refractivity contribution >= 4 is 12.4 Å². The van der Waals surface area contributed by atoms with Crippen molar-refractivity contribution in [1.29, 1.82) is 0 Å². The van der Waals surface area contributed by atoms with Gasteiger partial charge in [0.05, 0.1) is 12.7 Å². The molecule has 2 N–H and O–H groups in total. The molecular weight excluding hydrogens is 282 g/mol. The van der Waals surface area contributed by atoms with E-state index in [4.69, 9.17) is 10.3 Å². The Kier molecular flexibility index (Phi) is 4.38. The van der Waals surface area contributed by atoms with Gasteiger partial charge in [0, 0.05) is 24.5 Å². The van der Waals surface area contributed by atoms with Gasteiger partial charge in [-0.1, -0.05) is 10.4 Å². The lowest BCUT2D eigenvalue weighted by molar-refractivity contribution is 0.431. The van der Waals surface area contributed by atoms with Gasteiger partial charge in [-0.05, 0) is 12.1 Å². The Morgan fingerprint density at radius 1 is 1.35 bits per heavy atom. The summed E-state index contributed by atoms with van der Waals surface area (Å²) in [7, 11) is 0. The molecule has 0 aliphatic carbocycles. The molecule has 3 aromatic heterocycles. The highest BCUT2D eigenvalue weighted by Gasteiger charge is 2.13. The predicted molar refractivity (Wildman–Crippen MR) is 72.8 cm³/mol.